The van der Waals surface area contributed by atoms with Crippen molar-refractivity contribution in [3.63, 3.8) is 0 Å². The van der Waals surface area contributed by atoms with E-state index in [9.17, 15) is 20.0 Å². The number of hydrogen-bond donors (Lipinski definition) is 1. The van der Waals surface area contributed by atoms with Crippen LogP contribution in [-0.4, -0.2) is 30.5 Å². The standard InChI is InChI=1S/C20H16N2O4S/c1-12-6-5-7-13(18(12)24)20(25)26-11-16(23)14(10-21)19-22(2)15-8-3-4-9-17(15)27-19/h3-9,24H,11H2,1-2H3/b19-14-. The molecule has 6 nitrogen and oxygen atoms in total. The Morgan fingerprint density at radius 1 is 1.22 bits per heavy atom. The Kier molecular flexibility index (Phi) is 5.19. The number of carbonyl (C=O) groups excluding carboxylic acids is 2. The van der Waals surface area contributed by atoms with Gasteiger partial charge in [-0.25, -0.2) is 4.79 Å². The van der Waals surface area contributed by atoms with Gasteiger partial charge >= 0.3 is 5.97 Å². The summed E-state index contributed by atoms with van der Waals surface area (Å²) in [6.07, 6.45) is 0. The molecule has 1 N–H and O–H groups in total. The van der Waals surface area contributed by atoms with Gasteiger partial charge in [-0.15, -0.1) is 0 Å². The quantitative estimate of drug-likeness (QED) is 0.494. The number of nitrogens with zero attached hydrogens (tertiary/aromatic N) is 2. The van der Waals surface area contributed by atoms with E-state index in [1.54, 1.807) is 31.0 Å². The normalized spacial score (nSPS) is 14.3. The van der Waals surface area contributed by atoms with E-state index in [4.69, 9.17) is 4.74 Å². The van der Waals surface area contributed by atoms with Crippen LogP contribution in [0.4, 0.5) is 5.69 Å². The maximum Gasteiger partial charge on any atom is 0.342 e. The lowest BCUT2D eigenvalue weighted by Crippen LogP contribution is -2.20. The monoisotopic (exact) mass is 380 g/mol. The number of para-hydroxylation sites is 2. The van der Waals surface area contributed by atoms with E-state index in [-0.39, 0.29) is 16.9 Å². The topological polar surface area (TPSA) is 90.6 Å². The molecule has 0 radical (unpaired) electrons. The average Bonchev–Trinajstić information content (AvgIpc) is 2.99. The molecule has 0 unspecified atom stereocenters. The minimum absolute atomic E-state index is 0.0197. The van der Waals surface area contributed by atoms with Crippen LogP contribution in [0.15, 0.2) is 58.0 Å². The van der Waals surface area contributed by atoms with Crippen LogP contribution in [0.3, 0.4) is 0 Å². The number of nitriles is 1. The minimum atomic E-state index is -0.817. The van der Waals surface area contributed by atoms with Crippen LogP contribution in [0.2, 0.25) is 0 Å². The molecule has 7 heteroatoms. The van der Waals surface area contributed by atoms with Gasteiger partial charge in [-0.2, -0.15) is 5.26 Å². The largest absolute Gasteiger partial charge is 0.507 e. The highest BCUT2D eigenvalue weighted by atomic mass is 32.2. The smallest absolute Gasteiger partial charge is 0.342 e. The number of hydrogen-bond acceptors (Lipinski definition) is 7. The molecule has 1 heterocycles. The van der Waals surface area contributed by atoms with Crippen LogP contribution < -0.4 is 4.90 Å². The number of carbonyl (C=O) groups is 2. The summed E-state index contributed by atoms with van der Waals surface area (Å²) in [4.78, 5) is 27.3. The Hall–Kier alpha value is -3.24. The average molecular weight is 380 g/mol. The van der Waals surface area contributed by atoms with Gasteiger partial charge in [0.1, 0.15) is 28.0 Å². The number of esters is 1. The van der Waals surface area contributed by atoms with Crippen LogP contribution in [0.25, 0.3) is 0 Å². The van der Waals surface area contributed by atoms with Gasteiger partial charge in [0.05, 0.1) is 5.69 Å². The van der Waals surface area contributed by atoms with Gasteiger partial charge in [0.25, 0.3) is 0 Å². The molecule has 0 saturated heterocycles. The Morgan fingerprint density at radius 3 is 2.67 bits per heavy atom. The molecule has 27 heavy (non-hydrogen) atoms. The number of Topliss-reactive ketones (excluding diaryl/α,β-unsaturated/α-hetero) is 1. The van der Waals surface area contributed by atoms with E-state index < -0.39 is 18.4 Å². The number of ether oxygens (including phenoxy) is 1. The van der Waals surface area contributed by atoms with Crippen molar-refractivity contribution in [3.05, 3.63) is 64.2 Å². The van der Waals surface area contributed by atoms with Crippen molar-refractivity contribution in [2.75, 3.05) is 18.6 Å². The zero-order chi connectivity index (χ0) is 19.6. The third-order valence-electron chi connectivity index (χ3n) is 4.13. The first-order chi connectivity index (χ1) is 12.9. The molecular weight excluding hydrogens is 364 g/mol. The highest BCUT2D eigenvalue weighted by Gasteiger charge is 2.28. The zero-order valence-corrected chi connectivity index (χ0v) is 15.5. The SMILES string of the molecule is Cc1cccc(C(=O)OCC(=O)/C(C#N)=C2\Sc3ccccc3N2C)c1O. The minimum Gasteiger partial charge on any atom is -0.507 e. The van der Waals surface area contributed by atoms with Crippen molar-refractivity contribution in [2.24, 2.45) is 0 Å². The number of fused-ring (bicyclic) bond motifs is 1. The second kappa shape index (κ2) is 7.56. The fourth-order valence-corrected chi connectivity index (χ4v) is 3.82. The van der Waals surface area contributed by atoms with Gasteiger partial charge in [0.2, 0.25) is 5.78 Å². The highest BCUT2D eigenvalue weighted by Crippen LogP contribution is 2.46. The predicted molar refractivity (Wildman–Crippen MR) is 101 cm³/mol. The predicted octanol–water partition coefficient (Wildman–Crippen LogP) is 3.40. The van der Waals surface area contributed by atoms with Gasteiger partial charge in [0.15, 0.2) is 6.61 Å². The molecule has 0 fully saturated rings. The van der Waals surface area contributed by atoms with Crippen LogP contribution in [0, 0.1) is 18.3 Å². The van der Waals surface area contributed by atoms with Gasteiger partial charge in [0, 0.05) is 11.9 Å². The molecule has 2 aromatic rings. The molecule has 2 aromatic carbocycles. The lowest BCUT2D eigenvalue weighted by Gasteiger charge is -2.14. The molecular formula is C20H16N2O4S. The maximum absolute atomic E-state index is 12.5. The molecule has 136 valence electrons. The van der Waals surface area contributed by atoms with E-state index in [0.29, 0.717) is 10.6 Å². The number of thioether (sulfide) groups is 1. The summed E-state index contributed by atoms with van der Waals surface area (Å²) in [6, 6.07) is 14.2. The second-order valence-electron chi connectivity index (χ2n) is 5.89. The number of benzene rings is 2. The fraction of sp³-hybridized carbons (Fsp3) is 0.150. The molecule has 0 aromatic heterocycles. The molecule has 3 rings (SSSR count). The van der Waals surface area contributed by atoms with E-state index in [2.05, 4.69) is 0 Å². The third-order valence-corrected chi connectivity index (χ3v) is 5.37. The van der Waals surface area contributed by atoms with Crippen LogP contribution in [0.5, 0.6) is 5.75 Å². The van der Waals surface area contributed by atoms with Crippen molar-refractivity contribution in [1.29, 1.82) is 5.26 Å². The lowest BCUT2D eigenvalue weighted by atomic mass is 10.1. The number of phenols is 1. The molecule has 0 saturated carbocycles. The molecule has 0 aliphatic carbocycles. The number of anilines is 1. The van der Waals surface area contributed by atoms with Gasteiger partial charge in [-0.05, 0) is 30.7 Å². The van der Waals surface area contributed by atoms with E-state index >= 15 is 0 Å². The first-order valence-electron chi connectivity index (χ1n) is 8.08. The molecule has 1 aliphatic heterocycles. The summed E-state index contributed by atoms with van der Waals surface area (Å²) in [5.74, 6) is -1.60. The van der Waals surface area contributed by atoms with Crippen molar-refractivity contribution < 1.29 is 19.4 Å². The second-order valence-corrected chi connectivity index (χ2v) is 6.92. The van der Waals surface area contributed by atoms with Crippen molar-refractivity contribution in [1.82, 2.24) is 0 Å². The Morgan fingerprint density at radius 2 is 1.96 bits per heavy atom. The summed E-state index contributed by atoms with van der Waals surface area (Å²) in [7, 11) is 1.77. The Balaban J connectivity index is 1.77. The summed E-state index contributed by atoms with van der Waals surface area (Å²) >= 11 is 1.32. The lowest BCUT2D eigenvalue weighted by molar-refractivity contribution is -0.118. The van der Waals surface area contributed by atoms with Gasteiger partial charge < -0.3 is 14.7 Å². The van der Waals surface area contributed by atoms with Crippen molar-refractivity contribution in [2.45, 2.75) is 11.8 Å². The first-order valence-corrected chi connectivity index (χ1v) is 8.89. The molecule has 0 atom stereocenters. The molecule has 1 aliphatic rings. The molecule has 0 spiro atoms. The zero-order valence-electron chi connectivity index (χ0n) is 14.7. The molecule has 0 bridgehead atoms. The van der Waals surface area contributed by atoms with Gasteiger partial charge in [-0.3, -0.25) is 4.79 Å². The highest BCUT2D eigenvalue weighted by molar-refractivity contribution is 8.03. The van der Waals surface area contributed by atoms with Crippen LogP contribution in [0.1, 0.15) is 15.9 Å². The Labute approximate surface area is 160 Å². The van der Waals surface area contributed by atoms with Gasteiger partial charge in [-0.1, -0.05) is 36.0 Å². The maximum atomic E-state index is 12.5. The summed E-state index contributed by atoms with van der Waals surface area (Å²) < 4.78 is 5.02. The van der Waals surface area contributed by atoms with Crippen molar-refractivity contribution in [3.8, 4) is 11.8 Å². The van der Waals surface area contributed by atoms with Crippen molar-refractivity contribution >= 4 is 29.2 Å². The number of phenolic OH excluding ortho intramolecular Hbond substituents is 1. The number of aromatic hydroxyl groups is 1. The number of rotatable bonds is 4. The summed E-state index contributed by atoms with van der Waals surface area (Å²) in [5.41, 5.74) is 1.34. The van der Waals surface area contributed by atoms with Crippen LogP contribution >= 0.6 is 11.8 Å². The third kappa shape index (κ3) is 3.52. The Bertz CT molecular complexity index is 1010. The number of ketones is 1. The van der Waals surface area contributed by atoms with E-state index in [1.165, 1.54) is 17.8 Å². The first kappa shape index (κ1) is 18.5. The summed E-state index contributed by atoms with van der Waals surface area (Å²) in [5, 5.41) is 19.9. The van der Waals surface area contributed by atoms with E-state index in [0.717, 1.165) is 10.6 Å². The fourth-order valence-electron chi connectivity index (χ4n) is 2.66. The molecule has 0 amide bonds. The van der Waals surface area contributed by atoms with Crippen LogP contribution in [-0.2, 0) is 9.53 Å². The number of aryl methyl sites for hydroxylation is 1. The summed E-state index contributed by atoms with van der Waals surface area (Å²) in [6.45, 7) is 1.07. The van der Waals surface area contributed by atoms with E-state index in [1.807, 2.05) is 30.3 Å².